The Morgan fingerprint density at radius 1 is 1.27 bits per heavy atom. The van der Waals surface area contributed by atoms with Crippen molar-refractivity contribution in [3.63, 3.8) is 0 Å². The van der Waals surface area contributed by atoms with E-state index < -0.39 is 11.4 Å². The summed E-state index contributed by atoms with van der Waals surface area (Å²) in [4.78, 5) is 8.30. The smallest absolute Gasteiger partial charge is 0.233 e. The van der Waals surface area contributed by atoms with Gasteiger partial charge in [-0.25, -0.2) is 18.9 Å². The summed E-state index contributed by atoms with van der Waals surface area (Å²) in [5.41, 5.74) is 3.04. The maximum absolute atomic E-state index is 8.56. The molecule has 0 saturated heterocycles. The van der Waals surface area contributed by atoms with Gasteiger partial charge in [-0.15, -0.1) is 5.10 Å². The Morgan fingerprint density at radius 2 is 1.93 bits per heavy atom. The molecule has 2 heterocycles. The van der Waals surface area contributed by atoms with Gasteiger partial charge >= 0.3 is 0 Å². The average Bonchev–Trinajstić information content (AvgIpc) is 3.15. The van der Waals surface area contributed by atoms with E-state index in [-0.39, 0.29) is 7.43 Å². The maximum Gasteiger partial charge on any atom is 0.233 e. The van der Waals surface area contributed by atoms with Crippen LogP contribution in [0.5, 0.6) is 5.88 Å². The first-order valence-corrected chi connectivity index (χ1v) is 10.1. The van der Waals surface area contributed by atoms with E-state index >= 15 is 0 Å². The summed E-state index contributed by atoms with van der Waals surface area (Å²) in [6, 6.07) is 9.99. The van der Waals surface area contributed by atoms with Crippen LogP contribution in [0.25, 0.3) is 5.69 Å². The minimum Gasteiger partial charge on any atom is -0.750 e. The van der Waals surface area contributed by atoms with Crippen LogP contribution in [0.15, 0.2) is 42.9 Å². The van der Waals surface area contributed by atoms with Crippen molar-refractivity contribution in [2.75, 3.05) is 18.5 Å². The Labute approximate surface area is 183 Å². The first kappa shape index (κ1) is 25.5. The number of rotatable bonds is 7. The van der Waals surface area contributed by atoms with E-state index in [0.717, 1.165) is 17.8 Å². The highest BCUT2D eigenvalue weighted by molar-refractivity contribution is 7.73. The quantitative estimate of drug-likeness (QED) is 0.409. The van der Waals surface area contributed by atoms with Gasteiger partial charge in [0, 0.05) is 12.3 Å². The minimum atomic E-state index is -2.86. The van der Waals surface area contributed by atoms with Gasteiger partial charge in [-0.1, -0.05) is 43.6 Å². The molecule has 3 aromatic rings. The lowest BCUT2D eigenvalue weighted by Gasteiger charge is -2.09. The normalized spacial score (nSPS) is 11.0. The average molecular weight is 455 g/mol. The summed E-state index contributed by atoms with van der Waals surface area (Å²) in [5.74, 6) is 1.20. The molecule has 3 rings (SSSR count). The number of aromatic nitrogens is 4. The van der Waals surface area contributed by atoms with Gasteiger partial charge in [-0.2, -0.15) is 0 Å². The monoisotopic (exact) mass is 454 g/mol. The van der Waals surface area contributed by atoms with Gasteiger partial charge < -0.3 is 19.2 Å². The van der Waals surface area contributed by atoms with Gasteiger partial charge in [0.05, 0.1) is 29.3 Å². The number of anilines is 1. The minimum absolute atomic E-state index is 0. The Bertz CT molecular complexity index is 933. The highest BCUT2D eigenvalue weighted by Crippen LogP contribution is 2.21. The van der Waals surface area contributed by atoms with Crippen LogP contribution in [0.4, 0.5) is 5.82 Å². The van der Waals surface area contributed by atoms with Gasteiger partial charge in [0.15, 0.2) is 0 Å². The molecular weight excluding hydrogens is 430 g/mol. The molecule has 164 valence electrons. The van der Waals surface area contributed by atoms with Crippen LogP contribution in [0, 0.1) is 6.92 Å². The lowest BCUT2D eigenvalue weighted by Crippen LogP contribution is -2.13. The van der Waals surface area contributed by atoms with Crippen LogP contribution >= 0.6 is 11.6 Å². The fraction of sp³-hybridized carbons (Fsp3) is 0.316. The molecule has 11 heteroatoms. The Hall–Kier alpha value is -2.53. The second kappa shape index (κ2) is 12.9. The lowest BCUT2D eigenvalue weighted by molar-refractivity contribution is 0.317. The summed E-state index contributed by atoms with van der Waals surface area (Å²) < 4.78 is 31.5. The number of halogens is 1. The van der Waals surface area contributed by atoms with E-state index in [4.69, 9.17) is 29.7 Å². The van der Waals surface area contributed by atoms with Gasteiger partial charge in [-0.05, 0) is 25.5 Å². The lowest BCUT2D eigenvalue weighted by atomic mass is 10.2. The van der Waals surface area contributed by atoms with Crippen LogP contribution in [-0.2, 0) is 17.8 Å². The summed E-state index contributed by atoms with van der Waals surface area (Å²) >= 11 is 3.38. The molecule has 2 aromatic heterocycles. The van der Waals surface area contributed by atoms with Crippen molar-refractivity contribution in [3.8, 4) is 11.6 Å². The third-order valence-corrected chi connectivity index (χ3v) is 4.10. The number of hydrogen-bond acceptors (Lipinski definition) is 7. The molecule has 0 fully saturated rings. The highest BCUT2D eigenvalue weighted by atomic mass is 35.5. The molecule has 0 bridgehead atoms. The highest BCUT2D eigenvalue weighted by Gasteiger charge is 2.07. The number of hydrogen-bond donors (Lipinski definition) is 2. The van der Waals surface area contributed by atoms with Crippen molar-refractivity contribution in [2.24, 2.45) is 0 Å². The molecule has 1 unspecified atom stereocenters. The maximum atomic E-state index is 8.56. The van der Waals surface area contributed by atoms with Crippen molar-refractivity contribution in [2.45, 2.75) is 27.7 Å². The topological polar surface area (TPSA) is 125 Å². The molecule has 0 amide bonds. The van der Waals surface area contributed by atoms with E-state index in [1.165, 1.54) is 11.9 Å². The zero-order valence-electron chi connectivity index (χ0n) is 15.9. The summed E-state index contributed by atoms with van der Waals surface area (Å²) in [6.07, 6.45) is 4.16. The van der Waals surface area contributed by atoms with Crippen molar-refractivity contribution in [1.29, 1.82) is 0 Å². The fourth-order valence-corrected chi connectivity index (χ4v) is 2.62. The van der Waals surface area contributed by atoms with E-state index in [0.29, 0.717) is 29.9 Å². The molecule has 2 N–H and O–H groups in total. The van der Waals surface area contributed by atoms with Gasteiger partial charge in [0.2, 0.25) is 5.88 Å². The predicted molar refractivity (Wildman–Crippen MR) is 117 cm³/mol. The summed E-state index contributed by atoms with van der Waals surface area (Å²) in [6.45, 7) is 5.08. The van der Waals surface area contributed by atoms with Crippen LogP contribution in [0.3, 0.4) is 0 Å². The zero-order chi connectivity index (χ0) is 21.2. The van der Waals surface area contributed by atoms with Gasteiger partial charge in [0.1, 0.15) is 23.8 Å². The van der Waals surface area contributed by atoms with Crippen LogP contribution in [0.1, 0.15) is 25.6 Å². The van der Waals surface area contributed by atoms with E-state index in [1.54, 1.807) is 4.68 Å². The van der Waals surface area contributed by atoms with Gasteiger partial charge in [-0.3, -0.25) is 0 Å². The Morgan fingerprint density at radius 3 is 2.57 bits per heavy atom. The molecule has 0 saturated carbocycles. The first-order chi connectivity index (χ1) is 13.9. The Balaban J connectivity index is 0.000000827. The van der Waals surface area contributed by atoms with Crippen molar-refractivity contribution in [3.05, 3.63) is 59.1 Å². The van der Waals surface area contributed by atoms with Crippen LogP contribution in [-0.4, -0.2) is 46.2 Å². The first-order valence-electron chi connectivity index (χ1n) is 8.67. The standard InChI is InChI=1S/C18H20ClN5O.CH4.H2O3S/c1-3-15-17(19)18(22-12-21-15)20-9-11-25-16-8-10-24(23-16)14-6-4-13(2)5-7-14;;1-4(2)3/h4-8,10,12H,3,9,11H2,1-2H3,(H,20,21,22);1H4;(H2,1,2,3)/p-1. The zero-order valence-corrected chi connectivity index (χ0v) is 17.5. The molecule has 0 aliphatic rings. The molecule has 0 spiro atoms. The van der Waals surface area contributed by atoms with E-state index in [1.807, 2.05) is 31.3 Å². The number of aryl methyl sites for hydroxylation is 2. The Kier molecular flexibility index (Phi) is 11.0. The second-order valence-corrected chi connectivity index (χ2v) is 6.58. The van der Waals surface area contributed by atoms with E-state index in [9.17, 15) is 0 Å². The van der Waals surface area contributed by atoms with Crippen molar-refractivity contribution >= 4 is 28.8 Å². The second-order valence-electron chi connectivity index (χ2n) is 5.76. The molecule has 0 aliphatic carbocycles. The molecule has 1 atom stereocenters. The van der Waals surface area contributed by atoms with Crippen LogP contribution in [0.2, 0.25) is 5.02 Å². The molecule has 1 aromatic carbocycles. The van der Waals surface area contributed by atoms with E-state index in [2.05, 4.69) is 39.4 Å². The van der Waals surface area contributed by atoms with Crippen molar-refractivity contribution in [1.82, 2.24) is 19.7 Å². The SMILES string of the molecule is C.CCc1ncnc(NCCOc2ccn(-c3ccc(C)cc3)n2)c1Cl.O=S([O-])O. The number of ether oxygens (including phenoxy) is 1. The molecular formula is C19H25ClN5O4S-. The fourth-order valence-electron chi connectivity index (χ4n) is 2.33. The molecule has 9 nitrogen and oxygen atoms in total. The molecule has 0 aliphatic heterocycles. The largest absolute Gasteiger partial charge is 0.750 e. The molecule has 30 heavy (non-hydrogen) atoms. The number of benzene rings is 1. The van der Waals surface area contributed by atoms with Crippen LogP contribution < -0.4 is 10.1 Å². The number of nitrogens with zero attached hydrogens (tertiary/aromatic N) is 4. The number of nitrogens with one attached hydrogen (secondary N) is 1. The predicted octanol–water partition coefficient (Wildman–Crippen LogP) is 3.65. The van der Waals surface area contributed by atoms with Crippen molar-refractivity contribution < 1.29 is 18.1 Å². The molecule has 0 radical (unpaired) electrons. The third-order valence-electron chi connectivity index (χ3n) is 3.70. The summed E-state index contributed by atoms with van der Waals surface area (Å²) in [5, 5.41) is 8.14. The van der Waals surface area contributed by atoms with Gasteiger partial charge in [0.25, 0.3) is 0 Å². The third kappa shape index (κ3) is 8.07. The summed E-state index contributed by atoms with van der Waals surface area (Å²) in [7, 11) is 0.